The Balaban J connectivity index is 3.76. The largest absolute Gasteiger partial charge is 0.366 e. The first-order chi connectivity index (χ1) is 4.31. The van der Waals surface area contributed by atoms with Crippen molar-refractivity contribution in [2.45, 2.75) is 6.92 Å². The smallest absolute Gasteiger partial charge is 0.244 e. The van der Waals surface area contributed by atoms with Crippen LogP contribution in [-0.2, 0) is 0 Å². The van der Waals surface area contributed by atoms with Crippen LogP contribution < -0.4 is 0 Å². The van der Waals surface area contributed by atoms with Gasteiger partial charge >= 0.3 is 6.03 Å². The summed E-state index contributed by atoms with van der Waals surface area (Å²) in [7, 11) is 0. The van der Waals surface area contributed by atoms with Gasteiger partial charge in [0.25, 0.3) is 0 Å². The molecule has 0 saturated heterocycles. The van der Waals surface area contributed by atoms with E-state index < -0.39 is 6.03 Å². The van der Waals surface area contributed by atoms with E-state index in [1.165, 1.54) is 18.5 Å². The second kappa shape index (κ2) is 4.90. The molecule has 0 aliphatic rings. The van der Waals surface area contributed by atoms with Gasteiger partial charge in [-0.25, -0.2) is 14.8 Å². The molecular formula is C6H8N2O. The number of hydrogen-bond donors (Lipinski definition) is 0. The van der Waals surface area contributed by atoms with Crippen molar-refractivity contribution in [2.75, 3.05) is 0 Å². The van der Waals surface area contributed by atoms with Gasteiger partial charge in [-0.2, -0.15) is 0 Å². The van der Waals surface area contributed by atoms with Gasteiger partial charge in [0.05, 0.1) is 0 Å². The van der Waals surface area contributed by atoms with E-state index >= 15 is 0 Å². The fourth-order valence-corrected chi connectivity index (χ4v) is 0.260. The van der Waals surface area contributed by atoms with Crippen molar-refractivity contribution in [3.05, 3.63) is 12.7 Å². The Kier molecular flexibility index (Phi) is 4.22. The zero-order valence-corrected chi connectivity index (χ0v) is 5.24. The number of aliphatic imine (C=N–C) groups is 2. The normalized spacial score (nSPS) is 10.8. The maximum atomic E-state index is 10.4. The number of carbonyl (C=O) groups is 1. The molecule has 3 nitrogen and oxygen atoms in total. The van der Waals surface area contributed by atoms with Crippen LogP contribution in [0.1, 0.15) is 6.92 Å². The molecule has 0 rings (SSSR count). The Morgan fingerprint density at radius 2 is 2.22 bits per heavy atom. The Hall–Kier alpha value is -1.25. The van der Waals surface area contributed by atoms with Crippen LogP contribution in [0.15, 0.2) is 22.6 Å². The molecule has 9 heavy (non-hydrogen) atoms. The van der Waals surface area contributed by atoms with Gasteiger partial charge in [0.15, 0.2) is 0 Å². The molecule has 0 aromatic heterocycles. The van der Waals surface area contributed by atoms with Gasteiger partial charge in [-0.1, -0.05) is 12.7 Å². The number of carbonyl (C=O) groups excluding carboxylic acids is 1. The highest BCUT2D eigenvalue weighted by Crippen LogP contribution is 1.77. The van der Waals surface area contributed by atoms with E-state index in [-0.39, 0.29) is 0 Å². The van der Waals surface area contributed by atoms with Crippen LogP contribution in [0.3, 0.4) is 0 Å². The van der Waals surface area contributed by atoms with E-state index in [9.17, 15) is 4.79 Å². The van der Waals surface area contributed by atoms with E-state index in [1.807, 2.05) is 0 Å². The molecule has 0 aromatic rings. The summed E-state index contributed by atoms with van der Waals surface area (Å²) in [4.78, 5) is 17.1. The molecule has 0 aromatic carbocycles. The lowest BCUT2D eigenvalue weighted by Crippen LogP contribution is -1.82. The predicted octanol–water partition coefficient (Wildman–Crippen LogP) is 1.45. The minimum absolute atomic E-state index is 0.502. The van der Waals surface area contributed by atoms with Crippen molar-refractivity contribution in [1.82, 2.24) is 0 Å². The lowest BCUT2D eigenvalue weighted by Gasteiger charge is -1.76. The van der Waals surface area contributed by atoms with Gasteiger partial charge < -0.3 is 0 Å². The zero-order valence-electron chi connectivity index (χ0n) is 5.24. The quantitative estimate of drug-likeness (QED) is 0.488. The van der Waals surface area contributed by atoms with Crippen molar-refractivity contribution in [3.8, 4) is 0 Å². The number of urea groups is 1. The van der Waals surface area contributed by atoms with Crippen LogP contribution in [0.2, 0.25) is 0 Å². The van der Waals surface area contributed by atoms with Crippen LogP contribution in [0.5, 0.6) is 0 Å². The number of rotatable bonds is 1. The first-order valence-electron chi connectivity index (χ1n) is 2.49. The molecule has 0 aliphatic carbocycles. The summed E-state index contributed by atoms with van der Waals surface area (Å²) < 4.78 is 0. The molecule has 0 unspecified atom stereocenters. The van der Waals surface area contributed by atoms with E-state index in [2.05, 4.69) is 16.6 Å². The van der Waals surface area contributed by atoms with Gasteiger partial charge in [-0.15, -0.1) is 0 Å². The summed E-state index contributed by atoms with van der Waals surface area (Å²) in [6.07, 6.45) is 4.11. The van der Waals surface area contributed by atoms with E-state index in [1.54, 1.807) is 6.92 Å². The molecule has 0 atom stereocenters. The molecule has 48 valence electrons. The van der Waals surface area contributed by atoms with E-state index in [0.29, 0.717) is 0 Å². The lowest BCUT2D eigenvalue weighted by molar-refractivity contribution is 0.257. The molecule has 0 fully saturated rings. The second-order valence-electron chi connectivity index (χ2n) is 1.18. The average Bonchev–Trinajstić information content (AvgIpc) is 1.85. The van der Waals surface area contributed by atoms with E-state index in [4.69, 9.17) is 0 Å². The fourth-order valence-electron chi connectivity index (χ4n) is 0.260. The van der Waals surface area contributed by atoms with Gasteiger partial charge in [0, 0.05) is 12.4 Å². The first kappa shape index (κ1) is 7.75. The number of amides is 2. The van der Waals surface area contributed by atoms with Crippen LogP contribution in [0, 0.1) is 0 Å². The van der Waals surface area contributed by atoms with Crippen LogP contribution >= 0.6 is 0 Å². The highest BCUT2D eigenvalue weighted by atomic mass is 16.2. The molecule has 0 bridgehead atoms. The summed E-state index contributed by atoms with van der Waals surface area (Å²) >= 11 is 0. The standard InChI is InChI=1S/C6H8N2O/c1-3-5-8-6(9)7-4-2/h3-5H,1H2,2H3. The molecule has 3 heteroatoms. The van der Waals surface area contributed by atoms with Gasteiger partial charge in [-0.3, -0.25) is 0 Å². The monoisotopic (exact) mass is 124 g/mol. The Morgan fingerprint density at radius 1 is 1.56 bits per heavy atom. The summed E-state index contributed by atoms with van der Waals surface area (Å²) in [6.45, 7) is 4.99. The highest BCUT2D eigenvalue weighted by Gasteiger charge is 1.84. The summed E-state index contributed by atoms with van der Waals surface area (Å²) in [5.41, 5.74) is 0. The van der Waals surface area contributed by atoms with Gasteiger partial charge in [0.1, 0.15) is 0 Å². The van der Waals surface area contributed by atoms with Crippen LogP contribution in [-0.4, -0.2) is 18.5 Å². The van der Waals surface area contributed by atoms with E-state index in [0.717, 1.165) is 0 Å². The molecule has 0 heterocycles. The molecule has 2 amide bonds. The Labute approximate surface area is 53.8 Å². The third kappa shape index (κ3) is 4.61. The predicted molar refractivity (Wildman–Crippen MR) is 38.3 cm³/mol. The average molecular weight is 124 g/mol. The van der Waals surface area contributed by atoms with Gasteiger partial charge in [0.2, 0.25) is 0 Å². The fraction of sp³-hybridized carbons (Fsp3) is 0.167. The maximum absolute atomic E-state index is 10.4. The molecule has 0 aliphatic heterocycles. The highest BCUT2D eigenvalue weighted by molar-refractivity contribution is 5.91. The molecule has 0 radical (unpaired) electrons. The third-order valence-electron chi connectivity index (χ3n) is 0.530. The lowest BCUT2D eigenvalue weighted by atomic mass is 10.7. The number of hydrogen-bond acceptors (Lipinski definition) is 1. The third-order valence-corrected chi connectivity index (χ3v) is 0.530. The van der Waals surface area contributed by atoms with Crippen LogP contribution in [0.4, 0.5) is 4.79 Å². The Bertz CT molecular complexity index is 158. The summed E-state index contributed by atoms with van der Waals surface area (Å²) in [5, 5.41) is 0. The topological polar surface area (TPSA) is 41.8 Å². The molecule has 0 N–H and O–H groups in total. The maximum Gasteiger partial charge on any atom is 0.366 e. The second-order valence-corrected chi connectivity index (χ2v) is 1.18. The minimum Gasteiger partial charge on any atom is -0.244 e. The Morgan fingerprint density at radius 3 is 2.67 bits per heavy atom. The number of nitrogens with zero attached hydrogens (tertiary/aromatic N) is 2. The van der Waals surface area contributed by atoms with Crippen molar-refractivity contribution in [2.24, 2.45) is 9.98 Å². The summed E-state index contributed by atoms with van der Waals surface area (Å²) in [6, 6.07) is -0.502. The SMILES string of the molecule is C=CC=NC(=O)N=CC. The molecule has 0 spiro atoms. The zero-order chi connectivity index (χ0) is 7.11. The first-order valence-corrected chi connectivity index (χ1v) is 2.49. The number of allylic oxidation sites excluding steroid dienone is 1. The van der Waals surface area contributed by atoms with Crippen molar-refractivity contribution in [3.63, 3.8) is 0 Å². The molecule has 0 saturated carbocycles. The van der Waals surface area contributed by atoms with Gasteiger partial charge in [-0.05, 0) is 6.92 Å². The minimum atomic E-state index is -0.502. The molecular weight excluding hydrogens is 116 g/mol. The summed E-state index contributed by atoms with van der Waals surface area (Å²) in [5.74, 6) is 0. The van der Waals surface area contributed by atoms with Crippen molar-refractivity contribution >= 4 is 18.5 Å². The van der Waals surface area contributed by atoms with Crippen molar-refractivity contribution < 1.29 is 4.79 Å². The van der Waals surface area contributed by atoms with Crippen LogP contribution in [0.25, 0.3) is 0 Å². The van der Waals surface area contributed by atoms with Crippen molar-refractivity contribution in [1.29, 1.82) is 0 Å².